The molecule has 0 aromatic carbocycles. The quantitative estimate of drug-likeness (QED) is 0.490. The summed E-state index contributed by atoms with van der Waals surface area (Å²) >= 11 is 5.47. The smallest absolute Gasteiger partial charge is 0.435 e. The van der Waals surface area contributed by atoms with Crippen molar-refractivity contribution in [3.8, 4) is 5.88 Å². The van der Waals surface area contributed by atoms with Crippen molar-refractivity contribution in [2.75, 3.05) is 6.61 Å². The number of hydrogen-bond acceptors (Lipinski definition) is 5. The highest BCUT2D eigenvalue weighted by Gasteiger charge is 2.41. The largest absolute Gasteiger partial charge is 0.468 e. The number of aromatic nitrogens is 4. The van der Waals surface area contributed by atoms with Gasteiger partial charge in [0.1, 0.15) is 5.15 Å². The second-order valence-electron chi connectivity index (χ2n) is 5.85. The molecule has 0 bridgehead atoms. The Labute approximate surface area is 173 Å². The van der Waals surface area contributed by atoms with Crippen LogP contribution in [0.25, 0.3) is 4.96 Å². The molecule has 0 aliphatic heterocycles. The van der Waals surface area contributed by atoms with Crippen LogP contribution in [0, 0.1) is 0 Å². The average molecular weight is 501 g/mol. The molecule has 0 spiro atoms. The molecule has 0 aliphatic carbocycles. The van der Waals surface area contributed by atoms with Gasteiger partial charge in [-0.15, -0.1) is 0 Å². The zero-order valence-corrected chi connectivity index (χ0v) is 15.9. The van der Waals surface area contributed by atoms with Gasteiger partial charge in [0.05, 0.1) is 12.2 Å². The van der Waals surface area contributed by atoms with E-state index in [9.17, 15) is 44.3 Å². The third-order valence-electron chi connectivity index (χ3n) is 3.49. The highest BCUT2D eigenvalue weighted by atomic mass is 35.5. The lowest BCUT2D eigenvalue weighted by Gasteiger charge is -2.11. The summed E-state index contributed by atoms with van der Waals surface area (Å²) in [6, 6.07) is 1.11. The van der Waals surface area contributed by atoms with Gasteiger partial charge in [0.15, 0.2) is 22.1 Å². The summed E-state index contributed by atoms with van der Waals surface area (Å²) < 4.78 is 120. The SMILES string of the molecule is O=c1cc(Cn2nc(C(F)(F)F)cc2Cl)nc2sc(C(F)(F)F)c(OCC(F)(F)F)n12. The molecule has 170 valence electrons. The Morgan fingerprint density at radius 1 is 1.03 bits per heavy atom. The molecule has 3 heterocycles. The predicted octanol–water partition coefficient (Wildman–Crippen LogP) is 4.63. The number of nitrogens with zero attached hydrogens (tertiary/aromatic N) is 4. The topological polar surface area (TPSA) is 61.4 Å². The molecule has 0 saturated carbocycles. The molecule has 0 atom stereocenters. The van der Waals surface area contributed by atoms with Crippen molar-refractivity contribution >= 4 is 27.9 Å². The van der Waals surface area contributed by atoms with Gasteiger partial charge < -0.3 is 4.74 Å². The molecule has 6 nitrogen and oxygen atoms in total. The first-order valence-electron chi connectivity index (χ1n) is 7.69. The second-order valence-corrected chi connectivity index (χ2v) is 7.21. The van der Waals surface area contributed by atoms with Crippen LogP contribution in [0.4, 0.5) is 39.5 Å². The fraction of sp³-hybridized carbons (Fsp3) is 0.357. The zero-order valence-electron chi connectivity index (χ0n) is 14.4. The van der Waals surface area contributed by atoms with Gasteiger partial charge in [0.2, 0.25) is 5.88 Å². The molecule has 0 radical (unpaired) electrons. The second kappa shape index (κ2) is 7.58. The van der Waals surface area contributed by atoms with Gasteiger partial charge >= 0.3 is 18.5 Å². The first-order valence-corrected chi connectivity index (χ1v) is 8.88. The number of rotatable bonds is 4. The Balaban J connectivity index is 2.06. The monoisotopic (exact) mass is 500 g/mol. The number of ether oxygens (including phenoxy) is 1. The average Bonchev–Trinajstić information content (AvgIpc) is 3.13. The van der Waals surface area contributed by atoms with E-state index >= 15 is 0 Å². The lowest BCUT2D eigenvalue weighted by Crippen LogP contribution is -2.23. The number of thiazole rings is 1. The van der Waals surface area contributed by atoms with Crippen molar-refractivity contribution in [1.29, 1.82) is 0 Å². The van der Waals surface area contributed by atoms with E-state index in [0.29, 0.717) is 16.8 Å². The summed E-state index contributed by atoms with van der Waals surface area (Å²) in [4.78, 5) is 13.7. The van der Waals surface area contributed by atoms with Crippen molar-refractivity contribution in [3.63, 3.8) is 0 Å². The minimum Gasteiger partial charge on any atom is -0.468 e. The Bertz CT molecular complexity index is 1180. The summed E-state index contributed by atoms with van der Waals surface area (Å²) in [5.41, 5.74) is -2.93. The first kappa shape index (κ1) is 23.2. The van der Waals surface area contributed by atoms with Gasteiger partial charge in [-0.2, -0.15) is 44.6 Å². The predicted molar refractivity (Wildman–Crippen MR) is 87.2 cm³/mol. The fourth-order valence-corrected chi connectivity index (χ4v) is 3.50. The van der Waals surface area contributed by atoms with Crippen molar-refractivity contribution in [1.82, 2.24) is 19.2 Å². The molecular weight excluding hydrogens is 495 g/mol. The van der Waals surface area contributed by atoms with Gasteiger partial charge in [0, 0.05) is 12.1 Å². The number of halogens is 10. The summed E-state index contributed by atoms with van der Waals surface area (Å²) in [5.74, 6) is -1.40. The molecule has 0 amide bonds. The van der Waals surface area contributed by atoms with Crippen molar-refractivity contribution < 1.29 is 44.3 Å². The molecule has 3 aromatic rings. The van der Waals surface area contributed by atoms with Gasteiger partial charge in [-0.05, 0) is 0 Å². The van der Waals surface area contributed by atoms with Crippen LogP contribution in [0.5, 0.6) is 5.88 Å². The minimum absolute atomic E-state index is 0.174. The maximum atomic E-state index is 13.2. The van der Waals surface area contributed by atoms with Crippen LogP contribution in [0.2, 0.25) is 5.15 Å². The van der Waals surface area contributed by atoms with Crippen molar-refractivity contribution in [3.05, 3.63) is 43.9 Å². The normalized spacial score (nSPS) is 13.2. The highest BCUT2D eigenvalue weighted by molar-refractivity contribution is 7.17. The molecule has 0 fully saturated rings. The third kappa shape index (κ3) is 5.06. The van der Waals surface area contributed by atoms with Gasteiger partial charge in [-0.3, -0.25) is 4.79 Å². The molecular formula is C14H6ClF9N4O2S. The Hall–Kier alpha value is -2.49. The van der Waals surface area contributed by atoms with Crippen molar-refractivity contribution in [2.24, 2.45) is 0 Å². The summed E-state index contributed by atoms with van der Waals surface area (Å²) in [6.45, 7) is -2.72. The lowest BCUT2D eigenvalue weighted by atomic mass is 10.4. The van der Waals surface area contributed by atoms with Gasteiger partial charge in [-0.1, -0.05) is 22.9 Å². The van der Waals surface area contributed by atoms with Crippen LogP contribution < -0.4 is 10.3 Å². The molecule has 17 heteroatoms. The van der Waals surface area contributed by atoms with Crippen LogP contribution in [0.15, 0.2) is 16.9 Å². The minimum atomic E-state index is -5.17. The summed E-state index contributed by atoms with van der Waals surface area (Å²) in [7, 11) is 0. The Morgan fingerprint density at radius 2 is 1.68 bits per heavy atom. The summed E-state index contributed by atoms with van der Waals surface area (Å²) in [6.07, 6.45) is -15.0. The standard InChI is InChI=1S/C14H6ClF9N4O2S/c15-7-2-6(13(19,20)21)26-27(7)3-5-1-8(29)28-10(30-4-12(16,17)18)9(14(22,23)24)31-11(28)25-5/h1-2H,3-4H2. The third-order valence-corrected chi connectivity index (χ3v) is 4.87. The van der Waals surface area contributed by atoms with Crippen LogP contribution in [0.3, 0.4) is 0 Å². The molecule has 3 rings (SSSR count). The number of hydrogen-bond donors (Lipinski definition) is 0. The van der Waals surface area contributed by atoms with E-state index in [1.54, 1.807) is 0 Å². The maximum Gasteiger partial charge on any atom is 0.435 e. The van der Waals surface area contributed by atoms with E-state index in [1.165, 1.54) is 0 Å². The highest BCUT2D eigenvalue weighted by Crippen LogP contribution is 2.42. The summed E-state index contributed by atoms with van der Waals surface area (Å²) in [5, 5.41) is 2.69. The molecule has 0 N–H and O–H groups in total. The van der Waals surface area contributed by atoms with Crippen LogP contribution in [0.1, 0.15) is 16.3 Å². The van der Waals surface area contributed by atoms with E-state index in [0.717, 1.165) is 0 Å². The van der Waals surface area contributed by atoms with Crippen LogP contribution in [-0.2, 0) is 18.9 Å². The molecule has 0 saturated heterocycles. The zero-order chi connectivity index (χ0) is 23.4. The maximum absolute atomic E-state index is 13.2. The molecule has 31 heavy (non-hydrogen) atoms. The number of alkyl halides is 9. The van der Waals surface area contributed by atoms with E-state index in [2.05, 4.69) is 14.8 Å². The van der Waals surface area contributed by atoms with Crippen LogP contribution >= 0.6 is 22.9 Å². The molecule has 0 unspecified atom stereocenters. The Morgan fingerprint density at radius 3 is 2.19 bits per heavy atom. The first-order chi connectivity index (χ1) is 14.1. The van der Waals surface area contributed by atoms with Gasteiger partial charge in [-0.25, -0.2) is 14.1 Å². The van der Waals surface area contributed by atoms with Crippen molar-refractivity contribution in [2.45, 2.75) is 25.1 Å². The fourth-order valence-electron chi connectivity index (χ4n) is 2.34. The van der Waals surface area contributed by atoms with E-state index < -0.39 is 63.8 Å². The van der Waals surface area contributed by atoms with E-state index in [1.807, 2.05) is 0 Å². The lowest BCUT2D eigenvalue weighted by molar-refractivity contribution is -0.158. The van der Waals surface area contributed by atoms with Gasteiger partial charge in [0.25, 0.3) is 5.56 Å². The van der Waals surface area contributed by atoms with E-state index in [4.69, 9.17) is 11.6 Å². The molecule has 0 aliphatic rings. The Kier molecular flexibility index (Phi) is 5.67. The number of fused-ring (bicyclic) bond motifs is 1. The molecule has 3 aromatic heterocycles. The van der Waals surface area contributed by atoms with E-state index in [-0.39, 0.29) is 21.4 Å². The van der Waals surface area contributed by atoms with Crippen LogP contribution in [-0.4, -0.2) is 31.9 Å².